The van der Waals surface area contributed by atoms with E-state index >= 15 is 0 Å². The van der Waals surface area contributed by atoms with Gasteiger partial charge < -0.3 is 0 Å². The minimum atomic E-state index is 0.413. The average molecular weight is 293 g/mol. The van der Waals surface area contributed by atoms with Gasteiger partial charge in [-0.25, -0.2) is 9.97 Å². The van der Waals surface area contributed by atoms with Crippen LogP contribution < -0.4 is 0 Å². The lowest BCUT2D eigenvalue weighted by Crippen LogP contribution is -2.01. The van der Waals surface area contributed by atoms with E-state index in [0.29, 0.717) is 16.1 Å². The number of hydrogen-bond donors (Lipinski definition) is 0. The van der Waals surface area contributed by atoms with Crippen LogP contribution in [-0.4, -0.2) is 29.5 Å². The molecule has 3 aromatic rings. The van der Waals surface area contributed by atoms with Gasteiger partial charge >= 0.3 is 0 Å². The molecule has 0 aliphatic heterocycles. The second kappa shape index (κ2) is 4.75. The quantitative estimate of drug-likeness (QED) is 0.533. The Morgan fingerprint density at radius 3 is 2.84 bits per heavy atom. The zero-order valence-electron chi connectivity index (χ0n) is 10.2. The van der Waals surface area contributed by atoms with E-state index in [4.69, 9.17) is 11.6 Å². The van der Waals surface area contributed by atoms with Crippen LogP contribution in [-0.2, 0) is 0 Å². The maximum atomic E-state index is 6.10. The first kappa shape index (κ1) is 12.3. The molecule has 0 aromatic carbocycles. The molecule has 0 bridgehead atoms. The molecule has 8 heteroatoms. The third-order valence-corrected chi connectivity index (χ3v) is 3.93. The van der Waals surface area contributed by atoms with Crippen molar-refractivity contribution >= 4 is 29.1 Å². The van der Waals surface area contributed by atoms with Crippen molar-refractivity contribution in [1.82, 2.24) is 29.5 Å². The van der Waals surface area contributed by atoms with Gasteiger partial charge in [-0.3, -0.25) is 0 Å². The predicted octanol–water partition coefficient (Wildman–Crippen LogP) is 2.34. The highest BCUT2D eigenvalue weighted by molar-refractivity contribution is 7.99. The fraction of sp³-hybridized carbons (Fsp3) is 0.182. The highest BCUT2D eigenvalue weighted by Crippen LogP contribution is 2.30. The SMILES string of the molecule is Cc1ccnc(Sc2c(C)c(Cl)nc3ncnn23)n1. The molecule has 96 valence electrons. The van der Waals surface area contributed by atoms with Crippen LogP contribution in [0.5, 0.6) is 0 Å². The summed E-state index contributed by atoms with van der Waals surface area (Å²) >= 11 is 7.49. The Morgan fingerprint density at radius 1 is 1.21 bits per heavy atom. The topological polar surface area (TPSA) is 68.9 Å². The molecular weight excluding hydrogens is 284 g/mol. The Bertz CT molecular complexity index is 756. The lowest BCUT2D eigenvalue weighted by molar-refractivity contribution is 0.819. The number of fused-ring (bicyclic) bond motifs is 1. The average Bonchev–Trinajstić information content (AvgIpc) is 2.83. The predicted molar refractivity (Wildman–Crippen MR) is 71.4 cm³/mol. The van der Waals surface area contributed by atoms with Crippen LogP contribution in [0.1, 0.15) is 11.3 Å². The van der Waals surface area contributed by atoms with Crippen LogP contribution in [0, 0.1) is 13.8 Å². The number of rotatable bonds is 2. The van der Waals surface area contributed by atoms with Gasteiger partial charge in [0.05, 0.1) is 0 Å². The summed E-state index contributed by atoms with van der Waals surface area (Å²) in [5.74, 6) is 0.464. The van der Waals surface area contributed by atoms with E-state index in [1.54, 1.807) is 10.7 Å². The van der Waals surface area contributed by atoms with Gasteiger partial charge in [-0.2, -0.15) is 19.6 Å². The fourth-order valence-electron chi connectivity index (χ4n) is 1.55. The van der Waals surface area contributed by atoms with Crippen molar-refractivity contribution in [3.8, 4) is 0 Å². The van der Waals surface area contributed by atoms with Crippen molar-refractivity contribution in [3.05, 3.63) is 35.0 Å². The van der Waals surface area contributed by atoms with E-state index in [2.05, 4.69) is 25.0 Å². The largest absolute Gasteiger partial charge is 0.254 e. The van der Waals surface area contributed by atoms with Gasteiger partial charge in [0, 0.05) is 17.5 Å². The summed E-state index contributed by atoms with van der Waals surface area (Å²) in [6.45, 7) is 3.80. The second-order valence-corrected chi connectivity index (χ2v) is 5.20. The first-order valence-electron chi connectivity index (χ1n) is 5.48. The van der Waals surface area contributed by atoms with Crippen molar-refractivity contribution < 1.29 is 0 Å². The monoisotopic (exact) mass is 292 g/mol. The summed E-state index contributed by atoms with van der Waals surface area (Å²) in [6, 6.07) is 1.85. The van der Waals surface area contributed by atoms with Crippen LogP contribution in [0.15, 0.2) is 28.8 Å². The third-order valence-electron chi connectivity index (χ3n) is 2.51. The molecule has 0 atom stereocenters. The summed E-state index contributed by atoms with van der Waals surface area (Å²) in [5, 5.41) is 6.02. The lowest BCUT2D eigenvalue weighted by atomic mass is 10.4. The van der Waals surface area contributed by atoms with Crippen molar-refractivity contribution in [1.29, 1.82) is 0 Å². The van der Waals surface area contributed by atoms with Crippen LogP contribution in [0.2, 0.25) is 5.15 Å². The maximum Gasteiger partial charge on any atom is 0.254 e. The van der Waals surface area contributed by atoms with Crippen LogP contribution in [0.25, 0.3) is 5.78 Å². The molecule has 0 unspecified atom stereocenters. The summed E-state index contributed by atoms with van der Waals surface area (Å²) in [6.07, 6.45) is 3.17. The van der Waals surface area contributed by atoms with Crippen LogP contribution in [0.3, 0.4) is 0 Å². The molecule has 0 radical (unpaired) electrons. The number of hydrogen-bond acceptors (Lipinski definition) is 6. The fourth-order valence-corrected chi connectivity index (χ4v) is 2.72. The van der Waals surface area contributed by atoms with E-state index in [1.807, 2.05) is 19.9 Å². The highest BCUT2D eigenvalue weighted by Gasteiger charge is 2.14. The molecule has 0 aliphatic carbocycles. The first-order chi connectivity index (χ1) is 9.15. The smallest absolute Gasteiger partial charge is 0.231 e. The number of aryl methyl sites for hydroxylation is 1. The molecule has 0 aliphatic rings. The van der Waals surface area contributed by atoms with Gasteiger partial charge in [0.1, 0.15) is 16.5 Å². The van der Waals surface area contributed by atoms with Gasteiger partial charge in [0.25, 0.3) is 5.78 Å². The van der Waals surface area contributed by atoms with Gasteiger partial charge in [-0.05, 0) is 31.7 Å². The second-order valence-electron chi connectivity index (χ2n) is 3.89. The summed E-state index contributed by atoms with van der Waals surface area (Å²) < 4.78 is 1.64. The Hall–Kier alpha value is -1.73. The Labute approximate surface area is 118 Å². The van der Waals surface area contributed by atoms with Gasteiger partial charge in [-0.1, -0.05) is 11.6 Å². The number of halogens is 1. The standard InChI is InChI=1S/C11H9ClN6S/c1-6-3-4-13-11(16-6)19-9-7(2)8(12)17-10-14-5-15-18(9)10/h3-5H,1-2H3. The lowest BCUT2D eigenvalue weighted by Gasteiger charge is -2.07. The molecule has 0 spiro atoms. The molecule has 3 heterocycles. The molecule has 19 heavy (non-hydrogen) atoms. The van der Waals surface area contributed by atoms with Crippen molar-refractivity contribution in [2.75, 3.05) is 0 Å². The van der Waals surface area contributed by atoms with E-state index < -0.39 is 0 Å². The Kier molecular flexibility index (Phi) is 3.08. The maximum absolute atomic E-state index is 6.10. The van der Waals surface area contributed by atoms with Gasteiger partial charge in [-0.15, -0.1) is 0 Å². The van der Waals surface area contributed by atoms with Crippen LogP contribution in [0.4, 0.5) is 0 Å². The molecule has 0 fully saturated rings. The van der Waals surface area contributed by atoms with Gasteiger partial charge in [0.15, 0.2) is 5.16 Å². The minimum absolute atomic E-state index is 0.413. The molecule has 6 nitrogen and oxygen atoms in total. The van der Waals surface area contributed by atoms with Gasteiger partial charge in [0.2, 0.25) is 0 Å². The van der Waals surface area contributed by atoms with Crippen molar-refractivity contribution in [2.24, 2.45) is 0 Å². The van der Waals surface area contributed by atoms with E-state index in [9.17, 15) is 0 Å². The van der Waals surface area contributed by atoms with E-state index in [-0.39, 0.29) is 0 Å². The summed E-state index contributed by atoms with van der Waals surface area (Å²) in [5.41, 5.74) is 1.74. The van der Waals surface area contributed by atoms with Crippen molar-refractivity contribution in [3.63, 3.8) is 0 Å². The molecule has 0 N–H and O–H groups in total. The zero-order chi connectivity index (χ0) is 13.4. The highest BCUT2D eigenvalue weighted by atomic mass is 35.5. The molecule has 0 saturated heterocycles. The molecule has 3 rings (SSSR count). The number of nitrogens with zero attached hydrogens (tertiary/aromatic N) is 6. The molecule has 0 saturated carbocycles. The van der Waals surface area contributed by atoms with Crippen molar-refractivity contribution in [2.45, 2.75) is 24.0 Å². The van der Waals surface area contributed by atoms with Crippen LogP contribution >= 0.6 is 23.4 Å². The summed E-state index contributed by atoms with van der Waals surface area (Å²) in [7, 11) is 0. The first-order valence-corrected chi connectivity index (χ1v) is 6.68. The van der Waals surface area contributed by atoms with E-state index in [0.717, 1.165) is 16.3 Å². The third kappa shape index (κ3) is 2.26. The minimum Gasteiger partial charge on any atom is -0.231 e. The number of aromatic nitrogens is 6. The molecule has 3 aromatic heterocycles. The molecule has 0 amide bonds. The molecular formula is C11H9ClN6S. The Balaban J connectivity index is 2.14. The normalized spacial score (nSPS) is 11.1. The zero-order valence-corrected chi connectivity index (χ0v) is 11.8. The summed E-state index contributed by atoms with van der Waals surface area (Å²) in [4.78, 5) is 16.8. The van der Waals surface area contributed by atoms with E-state index in [1.165, 1.54) is 18.1 Å². The Morgan fingerprint density at radius 2 is 2.05 bits per heavy atom.